The second-order valence-electron chi connectivity index (χ2n) is 5.80. The van der Waals surface area contributed by atoms with E-state index in [0.29, 0.717) is 17.2 Å². The van der Waals surface area contributed by atoms with Gasteiger partial charge in [0.15, 0.2) is 5.96 Å². The van der Waals surface area contributed by atoms with Crippen LogP contribution in [-0.4, -0.2) is 35.0 Å². The lowest BCUT2D eigenvalue weighted by Gasteiger charge is -2.24. The Kier molecular flexibility index (Phi) is 5.27. The van der Waals surface area contributed by atoms with Crippen molar-refractivity contribution in [3.05, 3.63) is 29.5 Å². The second-order valence-corrected chi connectivity index (χ2v) is 8.43. The van der Waals surface area contributed by atoms with Crippen LogP contribution in [0.3, 0.4) is 0 Å². The average Bonchev–Trinajstić information content (AvgIpc) is 3.29. The highest BCUT2D eigenvalue weighted by Gasteiger charge is 2.29. The fourth-order valence-corrected chi connectivity index (χ4v) is 4.44. The van der Waals surface area contributed by atoms with Crippen LogP contribution in [0.1, 0.15) is 25.5 Å². The number of oxazole rings is 1. The van der Waals surface area contributed by atoms with Gasteiger partial charge >= 0.3 is 0 Å². The van der Waals surface area contributed by atoms with Crippen molar-refractivity contribution in [3.8, 4) is 10.8 Å². The van der Waals surface area contributed by atoms with Gasteiger partial charge < -0.3 is 15.1 Å². The van der Waals surface area contributed by atoms with E-state index in [2.05, 4.69) is 27.5 Å². The summed E-state index contributed by atoms with van der Waals surface area (Å²) in [4.78, 5) is 9.83. The summed E-state index contributed by atoms with van der Waals surface area (Å²) in [6.07, 6.45) is 4.26. The standard InChI is InChI=1S/C16H22N4OS2/c1-16(6-4-8-23-16)11-19-15(17-2)18-9-12-10-21-14(20-12)13-5-3-7-22-13/h3,5,7,10H,4,6,8-9,11H2,1-2H3,(H2,17,18,19). The van der Waals surface area contributed by atoms with Gasteiger partial charge in [0.25, 0.3) is 0 Å². The molecule has 1 saturated heterocycles. The molecule has 1 unspecified atom stereocenters. The number of thiophene rings is 1. The molecule has 124 valence electrons. The molecule has 0 bridgehead atoms. The zero-order valence-corrected chi connectivity index (χ0v) is 15.1. The zero-order valence-electron chi connectivity index (χ0n) is 13.5. The van der Waals surface area contributed by atoms with Gasteiger partial charge in [-0.2, -0.15) is 11.8 Å². The zero-order chi connectivity index (χ0) is 16.1. The van der Waals surface area contributed by atoms with Crippen LogP contribution in [0.4, 0.5) is 0 Å². The van der Waals surface area contributed by atoms with Crippen molar-refractivity contribution in [2.24, 2.45) is 4.99 Å². The summed E-state index contributed by atoms with van der Waals surface area (Å²) in [5.41, 5.74) is 0.873. The third-order valence-electron chi connectivity index (χ3n) is 3.87. The van der Waals surface area contributed by atoms with Crippen molar-refractivity contribution in [2.75, 3.05) is 19.3 Å². The summed E-state index contributed by atoms with van der Waals surface area (Å²) in [6.45, 7) is 3.84. The van der Waals surface area contributed by atoms with Crippen LogP contribution in [0, 0.1) is 0 Å². The molecule has 0 spiro atoms. The maximum atomic E-state index is 5.53. The monoisotopic (exact) mass is 350 g/mol. The molecule has 0 saturated carbocycles. The van der Waals surface area contributed by atoms with Crippen LogP contribution in [0.5, 0.6) is 0 Å². The van der Waals surface area contributed by atoms with Gasteiger partial charge in [0.1, 0.15) is 6.26 Å². The summed E-state index contributed by atoms with van der Waals surface area (Å²) in [5, 5.41) is 8.73. The van der Waals surface area contributed by atoms with Crippen molar-refractivity contribution in [3.63, 3.8) is 0 Å². The lowest BCUT2D eigenvalue weighted by atomic mass is 10.1. The van der Waals surface area contributed by atoms with Crippen molar-refractivity contribution in [2.45, 2.75) is 31.1 Å². The molecule has 2 N–H and O–H groups in total. The molecule has 0 amide bonds. The summed E-state index contributed by atoms with van der Waals surface area (Å²) in [7, 11) is 1.79. The Morgan fingerprint density at radius 1 is 1.48 bits per heavy atom. The Hall–Kier alpha value is -1.47. The highest BCUT2D eigenvalue weighted by molar-refractivity contribution is 8.00. The summed E-state index contributed by atoms with van der Waals surface area (Å²) < 4.78 is 5.85. The van der Waals surface area contributed by atoms with Crippen LogP contribution >= 0.6 is 23.1 Å². The van der Waals surface area contributed by atoms with Crippen molar-refractivity contribution >= 4 is 29.1 Å². The number of nitrogens with one attached hydrogen (secondary N) is 2. The summed E-state index contributed by atoms with van der Waals surface area (Å²) >= 11 is 3.67. The van der Waals surface area contributed by atoms with Crippen molar-refractivity contribution in [1.82, 2.24) is 15.6 Å². The molecule has 0 aliphatic carbocycles. The first-order valence-corrected chi connectivity index (χ1v) is 9.62. The number of hydrogen-bond acceptors (Lipinski definition) is 5. The third kappa shape index (κ3) is 4.29. The van der Waals surface area contributed by atoms with E-state index in [1.54, 1.807) is 24.6 Å². The van der Waals surface area contributed by atoms with Gasteiger partial charge in [-0.05, 0) is 37.0 Å². The molecule has 0 radical (unpaired) electrons. The number of aromatic nitrogens is 1. The predicted octanol–water partition coefficient (Wildman–Crippen LogP) is 3.35. The minimum atomic E-state index is 0.317. The van der Waals surface area contributed by atoms with Crippen molar-refractivity contribution < 1.29 is 4.42 Å². The van der Waals surface area contributed by atoms with E-state index >= 15 is 0 Å². The first kappa shape index (κ1) is 16.4. The molecule has 2 aromatic heterocycles. The van der Waals surface area contributed by atoms with Gasteiger partial charge in [0, 0.05) is 18.3 Å². The van der Waals surface area contributed by atoms with Crippen molar-refractivity contribution in [1.29, 1.82) is 0 Å². The lowest BCUT2D eigenvalue weighted by Crippen LogP contribution is -2.43. The van der Waals surface area contributed by atoms with Gasteiger partial charge in [-0.3, -0.25) is 4.99 Å². The first-order valence-electron chi connectivity index (χ1n) is 7.75. The maximum Gasteiger partial charge on any atom is 0.236 e. The van der Waals surface area contributed by atoms with Gasteiger partial charge in [-0.25, -0.2) is 4.98 Å². The Morgan fingerprint density at radius 2 is 2.39 bits per heavy atom. The Labute approximate surface area is 145 Å². The normalized spacial score (nSPS) is 21.6. The molecule has 0 aromatic carbocycles. The van der Waals surface area contributed by atoms with Crippen LogP contribution in [0.2, 0.25) is 0 Å². The minimum absolute atomic E-state index is 0.317. The molecule has 1 atom stereocenters. The highest BCUT2D eigenvalue weighted by atomic mass is 32.2. The highest BCUT2D eigenvalue weighted by Crippen LogP contribution is 2.36. The predicted molar refractivity (Wildman–Crippen MR) is 98.1 cm³/mol. The van der Waals surface area contributed by atoms with Gasteiger partial charge in [0.2, 0.25) is 5.89 Å². The van der Waals surface area contributed by atoms with E-state index in [1.165, 1.54) is 18.6 Å². The van der Waals surface area contributed by atoms with Gasteiger partial charge in [0.05, 0.1) is 17.1 Å². The molecular formula is C16H22N4OS2. The summed E-state index contributed by atoms with van der Waals surface area (Å²) in [5.74, 6) is 2.74. The second kappa shape index (κ2) is 7.40. The number of aliphatic imine (C=N–C) groups is 1. The fraction of sp³-hybridized carbons (Fsp3) is 0.500. The minimum Gasteiger partial charge on any atom is -0.443 e. The Balaban J connectivity index is 1.50. The molecule has 1 aliphatic rings. The smallest absolute Gasteiger partial charge is 0.236 e. The maximum absolute atomic E-state index is 5.53. The molecule has 1 aliphatic heterocycles. The fourth-order valence-electron chi connectivity index (χ4n) is 2.54. The number of guanidine groups is 1. The molecule has 23 heavy (non-hydrogen) atoms. The van der Waals surface area contributed by atoms with Crippen LogP contribution in [0.15, 0.2) is 33.2 Å². The summed E-state index contributed by atoms with van der Waals surface area (Å²) in [6, 6.07) is 4.00. The molecule has 5 nitrogen and oxygen atoms in total. The van der Waals surface area contributed by atoms with E-state index in [9.17, 15) is 0 Å². The third-order valence-corrected chi connectivity index (χ3v) is 6.27. The number of hydrogen-bond donors (Lipinski definition) is 2. The molecular weight excluding hydrogens is 328 g/mol. The van der Waals surface area contributed by atoms with Crippen LogP contribution in [0.25, 0.3) is 10.8 Å². The van der Waals surface area contributed by atoms with E-state index in [1.807, 2.05) is 29.3 Å². The van der Waals surface area contributed by atoms with Gasteiger partial charge in [-0.15, -0.1) is 11.3 Å². The largest absolute Gasteiger partial charge is 0.443 e. The lowest BCUT2D eigenvalue weighted by molar-refractivity contribution is 0.572. The Bertz CT molecular complexity index is 645. The average molecular weight is 351 g/mol. The van der Waals surface area contributed by atoms with E-state index < -0.39 is 0 Å². The molecule has 3 rings (SSSR count). The number of rotatable bonds is 5. The Morgan fingerprint density at radius 3 is 3.09 bits per heavy atom. The molecule has 7 heteroatoms. The van der Waals surface area contributed by atoms with Crippen LogP contribution < -0.4 is 10.6 Å². The number of nitrogens with zero attached hydrogens (tertiary/aromatic N) is 2. The van der Waals surface area contributed by atoms with Crippen LogP contribution in [-0.2, 0) is 6.54 Å². The molecule has 3 heterocycles. The quantitative estimate of drug-likeness (QED) is 0.639. The van der Waals surface area contributed by atoms with E-state index in [0.717, 1.165) is 23.1 Å². The van der Waals surface area contributed by atoms with Gasteiger partial charge in [-0.1, -0.05) is 6.07 Å². The number of thioether (sulfide) groups is 1. The van der Waals surface area contributed by atoms with E-state index in [4.69, 9.17) is 4.42 Å². The molecule has 2 aromatic rings. The molecule has 1 fully saturated rings. The SMILES string of the molecule is CN=C(NCc1coc(-c2cccs2)n1)NCC1(C)CCCS1. The first-order chi connectivity index (χ1) is 11.2. The topological polar surface area (TPSA) is 62.5 Å². The van der Waals surface area contributed by atoms with E-state index in [-0.39, 0.29) is 0 Å².